The molecule has 0 aliphatic heterocycles. The van der Waals surface area contributed by atoms with Crippen LogP contribution >= 0.6 is 0 Å². The van der Waals surface area contributed by atoms with Crippen molar-refractivity contribution >= 4 is 8.56 Å². The van der Waals surface area contributed by atoms with Crippen LogP contribution < -0.4 is 0 Å². The van der Waals surface area contributed by atoms with Gasteiger partial charge in [-0.3, -0.25) is 0 Å². The Labute approximate surface area is 82.9 Å². The van der Waals surface area contributed by atoms with Crippen LogP contribution in [0.2, 0.25) is 12.1 Å². The van der Waals surface area contributed by atoms with Gasteiger partial charge in [0.05, 0.1) is 0 Å². The van der Waals surface area contributed by atoms with Crippen LogP contribution in [0.15, 0.2) is 0 Å². The molecule has 1 rings (SSSR count). The molecule has 78 valence electrons. The Bertz CT molecular complexity index is 140. The predicted molar refractivity (Wildman–Crippen MR) is 57.0 cm³/mol. The molecule has 0 atom stereocenters. The van der Waals surface area contributed by atoms with E-state index in [1.165, 1.54) is 18.9 Å². The molecular formula is C10H22O2Si. The molecule has 1 aliphatic carbocycles. The molecule has 3 heteroatoms. The summed E-state index contributed by atoms with van der Waals surface area (Å²) in [5.41, 5.74) is 0. The molecule has 0 unspecified atom stereocenters. The average Bonchev–Trinajstić information content (AvgIpc) is 2.89. The number of hydrogen-bond acceptors (Lipinski definition) is 2. The lowest BCUT2D eigenvalue weighted by molar-refractivity contribution is 0.182. The Hall–Kier alpha value is 0.137. The third kappa shape index (κ3) is 3.41. The van der Waals surface area contributed by atoms with E-state index in [1.54, 1.807) is 0 Å². The lowest BCUT2D eigenvalue weighted by Crippen LogP contribution is -2.42. The van der Waals surface area contributed by atoms with Crippen molar-refractivity contribution in [3.8, 4) is 0 Å². The quantitative estimate of drug-likeness (QED) is 0.591. The maximum atomic E-state index is 5.89. The van der Waals surface area contributed by atoms with Crippen molar-refractivity contribution in [1.29, 1.82) is 0 Å². The lowest BCUT2D eigenvalue weighted by atomic mass is 10.5. The molecule has 13 heavy (non-hydrogen) atoms. The van der Waals surface area contributed by atoms with E-state index in [2.05, 4.69) is 20.8 Å². The molecule has 1 saturated carbocycles. The fourth-order valence-corrected chi connectivity index (χ4v) is 5.15. The third-order valence-electron chi connectivity index (χ3n) is 2.65. The van der Waals surface area contributed by atoms with Gasteiger partial charge in [-0.1, -0.05) is 19.8 Å². The zero-order valence-corrected chi connectivity index (χ0v) is 10.1. The van der Waals surface area contributed by atoms with Gasteiger partial charge in [-0.25, -0.2) is 0 Å². The monoisotopic (exact) mass is 202 g/mol. The van der Waals surface area contributed by atoms with Gasteiger partial charge in [0.2, 0.25) is 0 Å². The largest absolute Gasteiger partial charge is 0.394 e. The summed E-state index contributed by atoms with van der Waals surface area (Å²) in [6.45, 7) is 7.98. The maximum Gasteiger partial charge on any atom is 0.338 e. The van der Waals surface area contributed by atoms with E-state index in [4.69, 9.17) is 8.85 Å². The summed E-state index contributed by atoms with van der Waals surface area (Å²) < 4.78 is 11.8. The molecule has 1 fully saturated rings. The first-order chi connectivity index (χ1) is 6.26. The molecule has 0 saturated heterocycles. The SMILES string of the molecule is CCO[Si](CC)(CC1CC1)OCC. The van der Waals surface area contributed by atoms with Gasteiger partial charge in [-0.2, -0.15) is 0 Å². The smallest absolute Gasteiger partial charge is 0.338 e. The summed E-state index contributed by atoms with van der Waals surface area (Å²) in [5.74, 6) is 0.921. The highest BCUT2D eigenvalue weighted by Gasteiger charge is 2.40. The van der Waals surface area contributed by atoms with Crippen LogP contribution in [0.25, 0.3) is 0 Å². The average molecular weight is 202 g/mol. The van der Waals surface area contributed by atoms with E-state index >= 15 is 0 Å². The Morgan fingerprint density at radius 2 is 1.62 bits per heavy atom. The third-order valence-corrected chi connectivity index (χ3v) is 6.56. The molecule has 0 heterocycles. The lowest BCUT2D eigenvalue weighted by Gasteiger charge is -2.28. The van der Waals surface area contributed by atoms with Crippen LogP contribution in [-0.4, -0.2) is 21.8 Å². The summed E-state index contributed by atoms with van der Waals surface area (Å²) in [4.78, 5) is 0. The molecule has 0 bridgehead atoms. The van der Waals surface area contributed by atoms with Crippen LogP contribution in [0.3, 0.4) is 0 Å². The highest BCUT2D eigenvalue weighted by Crippen LogP contribution is 2.39. The van der Waals surface area contributed by atoms with Gasteiger partial charge < -0.3 is 8.85 Å². The van der Waals surface area contributed by atoms with Crippen LogP contribution in [0.4, 0.5) is 0 Å². The molecule has 0 N–H and O–H groups in total. The van der Waals surface area contributed by atoms with Crippen molar-refractivity contribution in [2.24, 2.45) is 5.92 Å². The van der Waals surface area contributed by atoms with Crippen molar-refractivity contribution in [1.82, 2.24) is 0 Å². The van der Waals surface area contributed by atoms with Crippen LogP contribution in [0, 0.1) is 5.92 Å². The van der Waals surface area contributed by atoms with Crippen LogP contribution in [0.5, 0.6) is 0 Å². The number of rotatable bonds is 7. The van der Waals surface area contributed by atoms with Gasteiger partial charge in [-0.05, 0) is 31.9 Å². The van der Waals surface area contributed by atoms with E-state index in [0.717, 1.165) is 25.2 Å². The first-order valence-electron chi connectivity index (χ1n) is 5.54. The van der Waals surface area contributed by atoms with Crippen LogP contribution in [-0.2, 0) is 8.85 Å². The fourth-order valence-electron chi connectivity index (χ4n) is 1.80. The van der Waals surface area contributed by atoms with E-state index in [1.807, 2.05) is 0 Å². The summed E-state index contributed by atoms with van der Waals surface area (Å²) in [6.07, 6.45) is 2.80. The minimum absolute atomic E-state index is 0.812. The molecule has 0 amide bonds. The molecule has 0 spiro atoms. The second-order valence-electron chi connectivity index (χ2n) is 3.78. The molecule has 1 aliphatic rings. The van der Waals surface area contributed by atoms with Crippen molar-refractivity contribution in [2.45, 2.75) is 45.7 Å². The normalized spacial score (nSPS) is 17.8. The Morgan fingerprint density at radius 1 is 1.08 bits per heavy atom. The first kappa shape index (κ1) is 11.2. The summed E-state index contributed by atoms with van der Waals surface area (Å²) >= 11 is 0. The second-order valence-corrected chi connectivity index (χ2v) is 7.29. The van der Waals surface area contributed by atoms with Crippen LogP contribution in [0.1, 0.15) is 33.6 Å². The van der Waals surface area contributed by atoms with Gasteiger partial charge in [-0.15, -0.1) is 0 Å². The standard InChI is InChI=1S/C10H22O2Si/c1-4-11-13(6-3,12-5-2)9-10-7-8-10/h10H,4-9H2,1-3H3. The van der Waals surface area contributed by atoms with Gasteiger partial charge in [0.25, 0.3) is 0 Å². The van der Waals surface area contributed by atoms with Crippen molar-refractivity contribution in [3.63, 3.8) is 0 Å². The van der Waals surface area contributed by atoms with Gasteiger partial charge in [0.15, 0.2) is 0 Å². The molecule has 0 radical (unpaired) electrons. The molecule has 2 nitrogen and oxygen atoms in total. The fraction of sp³-hybridized carbons (Fsp3) is 1.00. The van der Waals surface area contributed by atoms with E-state index in [0.29, 0.717) is 0 Å². The maximum absolute atomic E-state index is 5.89. The van der Waals surface area contributed by atoms with Crippen molar-refractivity contribution in [3.05, 3.63) is 0 Å². The Balaban J connectivity index is 2.44. The first-order valence-corrected chi connectivity index (χ1v) is 7.77. The van der Waals surface area contributed by atoms with Gasteiger partial charge in [0, 0.05) is 13.2 Å². The second kappa shape index (κ2) is 5.13. The highest BCUT2D eigenvalue weighted by molar-refractivity contribution is 6.67. The minimum Gasteiger partial charge on any atom is -0.394 e. The zero-order chi connectivity index (χ0) is 9.73. The van der Waals surface area contributed by atoms with E-state index in [-0.39, 0.29) is 0 Å². The molecule has 0 aromatic heterocycles. The molecular weight excluding hydrogens is 180 g/mol. The summed E-state index contributed by atoms with van der Waals surface area (Å²) in [5, 5.41) is 0. The van der Waals surface area contributed by atoms with Crippen molar-refractivity contribution < 1.29 is 8.85 Å². The Morgan fingerprint density at radius 3 is 1.92 bits per heavy atom. The minimum atomic E-state index is -1.77. The van der Waals surface area contributed by atoms with Crippen molar-refractivity contribution in [2.75, 3.05) is 13.2 Å². The van der Waals surface area contributed by atoms with E-state index < -0.39 is 8.56 Å². The molecule has 0 aromatic carbocycles. The predicted octanol–water partition coefficient (Wildman–Crippen LogP) is 2.93. The number of hydrogen-bond donors (Lipinski definition) is 0. The summed E-state index contributed by atoms with van der Waals surface area (Å²) in [6, 6.07) is 2.33. The Kier molecular flexibility index (Phi) is 4.42. The van der Waals surface area contributed by atoms with E-state index in [9.17, 15) is 0 Å². The topological polar surface area (TPSA) is 18.5 Å². The van der Waals surface area contributed by atoms with Gasteiger partial charge in [0.1, 0.15) is 0 Å². The van der Waals surface area contributed by atoms with Gasteiger partial charge >= 0.3 is 8.56 Å². The molecule has 0 aromatic rings. The zero-order valence-electron chi connectivity index (χ0n) is 9.14. The summed E-state index contributed by atoms with van der Waals surface area (Å²) in [7, 11) is -1.77. The highest BCUT2D eigenvalue weighted by atomic mass is 28.4.